The van der Waals surface area contributed by atoms with Crippen molar-refractivity contribution in [1.82, 2.24) is 9.97 Å². The molecular formula is C11H7ClN4O2S. The van der Waals surface area contributed by atoms with E-state index in [4.69, 9.17) is 16.9 Å². The van der Waals surface area contributed by atoms with Gasteiger partial charge in [-0.25, -0.2) is 23.1 Å². The van der Waals surface area contributed by atoms with Crippen LogP contribution in [0.4, 0.5) is 5.95 Å². The molecule has 1 heterocycles. The van der Waals surface area contributed by atoms with Crippen molar-refractivity contribution in [2.24, 2.45) is 0 Å². The summed E-state index contributed by atoms with van der Waals surface area (Å²) >= 11 is 5.64. The molecule has 96 valence electrons. The molecule has 0 aliphatic rings. The summed E-state index contributed by atoms with van der Waals surface area (Å²) in [7, 11) is -3.80. The Bertz CT molecular complexity index is 738. The number of nitrogens with zero attached hydrogens (tertiary/aromatic N) is 3. The summed E-state index contributed by atoms with van der Waals surface area (Å²) in [6.45, 7) is 0. The Kier molecular flexibility index (Phi) is 3.64. The van der Waals surface area contributed by atoms with Crippen LogP contribution >= 0.6 is 11.6 Å². The molecule has 0 bridgehead atoms. The lowest BCUT2D eigenvalue weighted by Crippen LogP contribution is -2.14. The number of benzene rings is 1. The second-order valence-corrected chi connectivity index (χ2v) is 5.51. The topological polar surface area (TPSA) is 95.7 Å². The maximum Gasteiger partial charge on any atom is 0.264 e. The van der Waals surface area contributed by atoms with E-state index in [1.165, 1.54) is 36.5 Å². The maximum atomic E-state index is 12.0. The summed E-state index contributed by atoms with van der Waals surface area (Å²) in [4.78, 5) is 7.48. The Morgan fingerprint density at radius 2 is 1.89 bits per heavy atom. The Morgan fingerprint density at radius 1 is 1.21 bits per heavy atom. The molecule has 0 saturated carbocycles. The molecule has 1 N–H and O–H groups in total. The highest BCUT2D eigenvalue weighted by Crippen LogP contribution is 2.14. The van der Waals surface area contributed by atoms with Crippen molar-refractivity contribution >= 4 is 27.6 Å². The molecule has 8 heteroatoms. The third kappa shape index (κ3) is 3.19. The van der Waals surface area contributed by atoms with Gasteiger partial charge >= 0.3 is 0 Å². The zero-order valence-corrected chi connectivity index (χ0v) is 11.0. The lowest BCUT2D eigenvalue weighted by atomic mass is 10.2. The summed E-state index contributed by atoms with van der Waals surface area (Å²) in [5.41, 5.74) is 0.373. The fourth-order valence-corrected chi connectivity index (χ4v) is 2.36. The lowest BCUT2D eigenvalue weighted by Gasteiger charge is -2.06. The van der Waals surface area contributed by atoms with Crippen molar-refractivity contribution in [3.05, 3.63) is 47.2 Å². The standard InChI is InChI=1S/C11H7ClN4O2S/c12-10-5-6-14-11(15-10)16-19(17,18)9-3-1-8(7-13)2-4-9/h1-6H,(H,14,15,16). The van der Waals surface area contributed by atoms with Gasteiger partial charge in [0.15, 0.2) is 0 Å². The van der Waals surface area contributed by atoms with Crippen LogP contribution in [0.5, 0.6) is 0 Å². The van der Waals surface area contributed by atoms with Gasteiger partial charge in [0, 0.05) is 6.20 Å². The number of nitriles is 1. The summed E-state index contributed by atoms with van der Waals surface area (Å²) in [5, 5.41) is 8.78. The van der Waals surface area contributed by atoms with Crippen LogP contribution in [0.25, 0.3) is 0 Å². The number of halogens is 1. The molecule has 0 amide bonds. The Morgan fingerprint density at radius 3 is 2.47 bits per heavy atom. The van der Waals surface area contributed by atoms with Crippen molar-refractivity contribution in [2.45, 2.75) is 4.90 Å². The van der Waals surface area contributed by atoms with Gasteiger partial charge in [-0.1, -0.05) is 11.6 Å². The molecule has 0 unspecified atom stereocenters. The van der Waals surface area contributed by atoms with Crippen LogP contribution in [0.1, 0.15) is 5.56 Å². The third-order valence-electron chi connectivity index (χ3n) is 2.14. The molecule has 0 fully saturated rings. The average Bonchev–Trinajstić information content (AvgIpc) is 2.38. The first-order chi connectivity index (χ1) is 9.01. The molecule has 6 nitrogen and oxygen atoms in total. The second kappa shape index (κ2) is 5.22. The van der Waals surface area contributed by atoms with Gasteiger partial charge in [-0.15, -0.1) is 0 Å². The van der Waals surface area contributed by atoms with Crippen LogP contribution in [0, 0.1) is 11.3 Å². The zero-order chi connectivity index (χ0) is 13.9. The van der Waals surface area contributed by atoms with E-state index in [0.29, 0.717) is 5.56 Å². The van der Waals surface area contributed by atoms with Crippen molar-refractivity contribution in [3.8, 4) is 6.07 Å². The van der Waals surface area contributed by atoms with E-state index in [1.807, 2.05) is 6.07 Å². The van der Waals surface area contributed by atoms with Gasteiger partial charge in [-0.2, -0.15) is 5.26 Å². The van der Waals surface area contributed by atoms with Gasteiger partial charge in [0.2, 0.25) is 5.95 Å². The molecule has 2 aromatic rings. The number of hydrogen-bond acceptors (Lipinski definition) is 5. The molecule has 0 spiro atoms. The zero-order valence-electron chi connectivity index (χ0n) is 9.41. The third-order valence-corrected chi connectivity index (χ3v) is 3.70. The van der Waals surface area contributed by atoms with E-state index in [2.05, 4.69) is 14.7 Å². The molecule has 0 radical (unpaired) electrons. The van der Waals surface area contributed by atoms with E-state index in [9.17, 15) is 8.42 Å². The van der Waals surface area contributed by atoms with E-state index in [1.54, 1.807) is 0 Å². The highest BCUT2D eigenvalue weighted by atomic mass is 35.5. The van der Waals surface area contributed by atoms with E-state index in [-0.39, 0.29) is 16.0 Å². The molecule has 1 aromatic heterocycles. The number of aromatic nitrogens is 2. The van der Waals surface area contributed by atoms with Crippen LogP contribution in [0.3, 0.4) is 0 Å². The minimum absolute atomic E-state index is 0.00933. The fourth-order valence-electron chi connectivity index (χ4n) is 1.27. The largest absolute Gasteiger partial charge is 0.264 e. The van der Waals surface area contributed by atoms with Crippen molar-refractivity contribution in [1.29, 1.82) is 5.26 Å². The smallest absolute Gasteiger partial charge is 0.247 e. The van der Waals surface area contributed by atoms with E-state index >= 15 is 0 Å². The van der Waals surface area contributed by atoms with Crippen LogP contribution in [-0.4, -0.2) is 18.4 Å². The Balaban J connectivity index is 2.30. The summed E-state index contributed by atoms with van der Waals surface area (Å²) in [6.07, 6.45) is 1.34. The Labute approximate surface area is 114 Å². The van der Waals surface area contributed by atoms with Gasteiger partial charge in [0.1, 0.15) is 5.15 Å². The van der Waals surface area contributed by atoms with Crippen LogP contribution < -0.4 is 4.72 Å². The van der Waals surface area contributed by atoms with Gasteiger partial charge in [-0.05, 0) is 30.3 Å². The molecule has 0 saturated heterocycles. The van der Waals surface area contributed by atoms with Crippen LogP contribution in [-0.2, 0) is 10.0 Å². The molecular weight excluding hydrogens is 288 g/mol. The second-order valence-electron chi connectivity index (χ2n) is 3.44. The minimum Gasteiger partial charge on any atom is -0.247 e. The number of anilines is 1. The number of nitrogens with one attached hydrogen (secondary N) is 1. The van der Waals surface area contributed by atoms with E-state index < -0.39 is 10.0 Å². The van der Waals surface area contributed by atoms with Crippen LogP contribution in [0.2, 0.25) is 5.15 Å². The van der Waals surface area contributed by atoms with Gasteiger partial charge in [-0.3, -0.25) is 0 Å². The SMILES string of the molecule is N#Cc1ccc(S(=O)(=O)Nc2nccc(Cl)n2)cc1. The minimum atomic E-state index is -3.80. The first-order valence-corrected chi connectivity index (χ1v) is 6.89. The van der Waals surface area contributed by atoms with Crippen molar-refractivity contribution < 1.29 is 8.42 Å². The monoisotopic (exact) mass is 294 g/mol. The quantitative estimate of drug-likeness (QED) is 0.871. The first kappa shape index (κ1) is 13.3. The fraction of sp³-hybridized carbons (Fsp3) is 0. The summed E-state index contributed by atoms with van der Waals surface area (Å²) in [5.74, 6) is -0.114. The molecule has 0 aliphatic heterocycles. The predicted octanol–water partition coefficient (Wildman–Crippen LogP) is 1.80. The average molecular weight is 295 g/mol. The number of rotatable bonds is 3. The lowest BCUT2D eigenvalue weighted by molar-refractivity contribution is 0.601. The van der Waals surface area contributed by atoms with Crippen LogP contribution in [0.15, 0.2) is 41.4 Å². The number of hydrogen-bond donors (Lipinski definition) is 1. The molecule has 1 aromatic carbocycles. The van der Waals surface area contributed by atoms with Crippen molar-refractivity contribution in [3.63, 3.8) is 0 Å². The Hall–Kier alpha value is -2.17. The summed E-state index contributed by atoms with van der Waals surface area (Å²) in [6, 6.07) is 8.81. The van der Waals surface area contributed by atoms with E-state index in [0.717, 1.165) is 0 Å². The normalized spacial score (nSPS) is 10.7. The predicted molar refractivity (Wildman–Crippen MR) is 69.0 cm³/mol. The molecule has 0 atom stereocenters. The van der Waals surface area contributed by atoms with Gasteiger partial charge < -0.3 is 0 Å². The first-order valence-electron chi connectivity index (χ1n) is 5.03. The molecule has 2 rings (SSSR count). The van der Waals surface area contributed by atoms with Crippen molar-refractivity contribution in [2.75, 3.05) is 4.72 Å². The highest BCUT2D eigenvalue weighted by Gasteiger charge is 2.15. The summed E-state index contributed by atoms with van der Waals surface area (Å²) < 4.78 is 26.2. The van der Waals surface area contributed by atoms with Gasteiger partial charge in [0.05, 0.1) is 16.5 Å². The molecule has 0 aliphatic carbocycles. The maximum absolute atomic E-state index is 12.0. The molecule has 19 heavy (non-hydrogen) atoms. The van der Waals surface area contributed by atoms with Gasteiger partial charge in [0.25, 0.3) is 10.0 Å². The highest BCUT2D eigenvalue weighted by molar-refractivity contribution is 7.92. The number of sulfonamides is 1.